The first-order chi connectivity index (χ1) is 7.09. The van der Waals surface area contributed by atoms with Crippen LogP contribution in [0.2, 0.25) is 0 Å². The number of hydrogen-bond acceptors (Lipinski definition) is 3. The smallest absolute Gasteiger partial charge is 0.0518 e. The molecule has 0 fully saturated rings. The lowest BCUT2D eigenvalue weighted by atomic mass is 10.2. The first kappa shape index (κ1) is 12.4. The van der Waals surface area contributed by atoms with Gasteiger partial charge in [0.25, 0.3) is 0 Å². The number of nitrogens with zero attached hydrogens (tertiary/aromatic N) is 1. The molecule has 0 spiro atoms. The minimum absolute atomic E-state index is 0.257. The van der Waals surface area contributed by atoms with E-state index in [1.165, 1.54) is 0 Å². The largest absolute Gasteiger partial charge is 0.306 e. The Balaban J connectivity index is 2.31. The van der Waals surface area contributed by atoms with Gasteiger partial charge in [-0.15, -0.1) is 0 Å². The lowest BCUT2D eigenvalue weighted by molar-refractivity contribution is 0.463. The van der Waals surface area contributed by atoms with Crippen molar-refractivity contribution in [3.05, 3.63) is 18.0 Å². The van der Waals surface area contributed by atoms with Crippen LogP contribution < -0.4 is 5.32 Å². The summed E-state index contributed by atoms with van der Waals surface area (Å²) < 4.78 is 10.9. The van der Waals surface area contributed by atoms with Crippen molar-refractivity contribution in [3.8, 4) is 0 Å². The summed E-state index contributed by atoms with van der Waals surface area (Å²) in [7, 11) is -0.698. The third-order valence-electron chi connectivity index (χ3n) is 2.36. The van der Waals surface area contributed by atoms with Gasteiger partial charge in [-0.05, 0) is 26.3 Å². The quantitative estimate of drug-likeness (QED) is 0.771. The number of aromatic nitrogens is 2. The minimum Gasteiger partial charge on any atom is -0.306 e. The van der Waals surface area contributed by atoms with E-state index in [0.29, 0.717) is 6.04 Å². The van der Waals surface area contributed by atoms with Crippen molar-refractivity contribution in [1.82, 2.24) is 15.5 Å². The Morgan fingerprint density at radius 1 is 1.60 bits per heavy atom. The SMILES string of the molecule is CC(CCS(C)=O)NC(C)c1ccn[nH]1. The summed E-state index contributed by atoms with van der Waals surface area (Å²) in [5.41, 5.74) is 1.08. The summed E-state index contributed by atoms with van der Waals surface area (Å²) in [6, 6.07) is 2.59. The van der Waals surface area contributed by atoms with Crippen molar-refractivity contribution >= 4 is 10.8 Å². The van der Waals surface area contributed by atoms with E-state index >= 15 is 0 Å². The molecule has 0 bridgehead atoms. The van der Waals surface area contributed by atoms with E-state index in [9.17, 15) is 4.21 Å². The molecule has 1 aromatic heterocycles. The molecule has 0 aliphatic heterocycles. The van der Waals surface area contributed by atoms with E-state index in [0.717, 1.165) is 17.9 Å². The third-order valence-corrected chi connectivity index (χ3v) is 3.17. The van der Waals surface area contributed by atoms with E-state index in [1.807, 2.05) is 6.07 Å². The number of nitrogens with one attached hydrogen (secondary N) is 2. The van der Waals surface area contributed by atoms with Crippen LogP contribution >= 0.6 is 0 Å². The topological polar surface area (TPSA) is 57.8 Å². The zero-order valence-corrected chi connectivity index (χ0v) is 10.3. The molecule has 86 valence electrons. The average molecular weight is 229 g/mol. The summed E-state index contributed by atoms with van der Waals surface area (Å²) in [5.74, 6) is 0.754. The van der Waals surface area contributed by atoms with E-state index < -0.39 is 10.8 Å². The van der Waals surface area contributed by atoms with Gasteiger partial charge in [0.2, 0.25) is 0 Å². The van der Waals surface area contributed by atoms with Gasteiger partial charge >= 0.3 is 0 Å². The van der Waals surface area contributed by atoms with Gasteiger partial charge in [-0.1, -0.05) is 0 Å². The van der Waals surface area contributed by atoms with Gasteiger partial charge in [-0.25, -0.2) is 0 Å². The second-order valence-corrected chi connectivity index (χ2v) is 5.42. The molecule has 0 radical (unpaired) electrons. The maximum Gasteiger partial charge on any atom is 0.0518 e. The van der Waals surface area contributed by atoms with Crippen LogP contribution in [0, 0.1) is 0 Å². The van der Waals surface area contributed by atoms with Crippen molar-refractivity contribution in [1.29, 1.82) is 0 Å². The van der Waals surface area contributed by atoms with Crippen LogP contribution in [0.4, 0.5) is 0 Å². The lowest BCUT2D eigenvalue weighted by Gasteiger charge is -2.18. The molecule has 1 aromatic rings. The normalized spacial score (nSPS) is 17.3. The molecule has 5 heteroatoms. The van der Waals surface area contributed by atoms with E-state index in [1.54, 1.807) is 12.5 Å². The van der Waals surface area contributed by atoms with E-state index in [4.69, 9.17) is 0 Å². The molecule has 0 amide bonds. The summed E-state index contributed by atoms with van der Waals surface area (Å²) in [6.45, 7) is 4.20. The first-order valence-corrected chi connectivity index (χ1v) is 6.87. The highest BCUT2D eigenvalue weighted by molar-refractivity contribution is 7.84. The molecule has 3 unspecified atom stereocenters. The molecule has 15 heavy (non-hydrogen) atoms. The van der Waals surface area contributed by atoms with Gasteiger partial charge in [-0.3, -0.25) is 9.31 Å². The average Bonchev–Trinajstić information content (AvgIpc) is 2.67. The van der Waals surface area contributed by atoms with Crippen LogP contribution in [-0.4, -0.2) is 32.5 Å². The van der Waals surface area contributed by atoms with Gasteiger partial charge in [0.05, 0.1) is 5.69 Å². The Kier molecular flexibility index (Phi) is 4.98. The van der Waals surface area contributed by atoms with Crippen LogP contribution in [0.3, 0.4) is 0 Å². The van der Waals surface area contributed by atoms with Crippen molar-refractivity contribution in [2.75, 3.05) is 12.0 Å². The highest BCUT2D eigenvalue weighted by atomic mass is 32.2. The molecule has 1 rings (SSSR count). The zero-order valence-electron chi connectivity index (χ0n) is 9.49. The highest BCUT2D eigenvalue weighted by Crippen LogP contribution is 2.09. The fraction of sp³-hybridized carbons (Fsp3) is 0.700. The fourth-order valence-electron chi connectivity index (χ4n) is 1.45. The van der Waals surface area contributed by atoms with Gasteiger partial charge in [0, 0.05) is 41.1 Å². The van der Waals surface area contributed by atoms with E-state index in [-0.39, 0.29) is 6.04 Å². The number of hydrogen-bond donors (Lipinski definition) is 2. The Morgan fingerprint density at radius 3 is 2.87 bits per heavy atom. The molecule has 4 nitrogen and oxygen atoms in total. The molecule has 0 saturated carbocycles. The third kappa shape index (κ3) is 4.57. The van der Waals surface area contributed by atoms with Gasteiger partial charge in [0.15, 0.2) is 0 Å². The predicted molar refractivity (Wildman–Crippen MR) is 63.2 cm³/mol. The first-order valence-electron chi connectivity index (χ1n) is 5.15. The molecular weight excluding hydrogens is 210 g/mol. The standard InChI is InChI=1S/C10H19N3OS/c1-8(5-7-15(3)14)12-9(2)10-4-6-11-13-10/h4,6,8-9,12H,5,7H2,1-3H3,(H,11,13). The summed E-state index contributed by atoms with van der Waals surface area (Å²) in [6.07, 6.45) is 4.42. The fourth-order valence-corrected chi connectivity index (χ4v) is 2.14. The Labute approximate surface area is 93.3 Å². The number of rotatable bonds is 6. The number of H-pyrrole nitrogens is 1. The molecule has 1 heterocycles. The number of aromatic amines is 1. The van der Waals surface area contributed by atoms with Crippen LogP contribution in [-0.2, 0) is 10.8 Å². The van der Waals surface area contributed by atoms with Crippen LogP contribution in [0.25, 0.3) is 0 Å². The van der Waals surface area contributed by atoms with Crippen molar-refractivity contribution in [3.63, 3.8) is 0 Å². The maximum atomic E-state index is 10.9. The predicted octanol–water partition coefficient (Wildman–Crippen LogP) is 1.22. The van der Waals surface area contributed by atoms with Crippen molar-refractivity contribution in [2.24, 2.45) is 0 Å². The van der Waals surface area contributed by atoms with Crippen LogP contribution in [0.15, 0.2) is 12.3 Å². The summed E-state index contributed by atoms with van der Waals surface area (Å²) in [5, 5.41) is 10.3. The summed E-state index contributed by atoms with van der Waals surface area (Å²) >= 11 is 0. The van der Waals surface area contributed by atoms with Gasteiger partial charge in [0.1, 0.15) is 0 Å². The summed E-state index contributed by atoms with van der Waals surface area (Å²) in [4.78, 5) is 0. The van der Waals surface area contributed by atoms with Crippen LogP contribution in [0.1, 0.15) is 32.0 Å². The Morgan fingerprint density at radius 2 is 2.33 bits per heavy atom. The minimum atomic E-state index is -0.698. The maximum absolute atomic E-state index is 10.9. The van der Waals surface area contributed by atoms with Crippen LogP contribution in [0.5, 0.6) is 0 Å². The lowest BCUT2D eigenvalue weighted by Crippen LogP contribution is -2.30. The molecule has 0 aromatic carbocycles. The van der Waals surface area contributed by atoms with Gasteiger partial charge < -0.3 is 5.32 Å². The molecule has 2 N–H and O–H groups in total. The molecular formula is C10H19N3OS. The second kappa shape index (κ2) is 6.02. The Bertz CT molecular complexity index is 300. The van der Waals surface area contributed by atoms with Crippen molar-refractivity contribution in [2.45, 2.75) is 32.4 Å². The van der Waals surface area contributed by atoms with Gasteiger partial charge in [-0.2, -0.15) is 5.10 Å². The Hall–Kier alpha value is -0.680. The van der Waals surface area contributed by atoms with E-state index in [2.05, 4.69) is 29.4 Å². The monoisotopic (exact) mass is 229 g/mol. The molecule has 0 aliphatic rings. The molecule has 0 aliphatic carbocycles. The molecule has 0 saturated heterocycles. The second-order valence-electron chi connectivity index (χ2n) is 3.87. The highest BCUT2D eigenvalue weighted by Gasteiger charge is 2.10. The zero-order chi connectivity index (χ0) is 11.3. The molecule has 3 atom stereocenters. The van der Waals surface area contributed by atoms with Crippen molar-refractivity contribution < 1.29 is 4.21 Å².